The molecule has 45 heavy (non-hydrogen) atoms. The van der Waals surface area contributed by atoms with E-state index in [2.05, 4.69) is 132 Å². The van der Waals surface area contributed by atoms with Crippen molar-refractivity contribution in [1.29, 1.82) is 0 Å². The molecule has 0 fully saturated rings. The van der Waals surface area contributed by atoms with Gasteiger partial charge in [-0.3, -0.25) is 0 Å². The van der Waals surface area contributed by atoms with Gasteiger partial charge in [0.25, 0.3) is 0 Å². The number of anilines is 4. The molecule has 0 atom stereocenters. The molecular formula is C41H30N2OS. The second-order valence-electron chi connectivity index (χ2n) is 11.2. The van der Waals surface area contributed by atoms with Gasteiger partial charge in [-0.1, -0.05) is 109 Å². The maximum atomic E-state index is 6.66. The van der Waals surface area contributed by atoms with Crippen LogP contribution in [0.5, 0.6) is 5.75 Å². The zero-order chi connectivity index (χ0) is 30.2. The van der Waals surface area contributed by atoms with Crippen molar-refractivity contribution in [2.75, 3.05) is 10.6 Å². The Balaban J connectivity index is 1.33. The SMILES string of the molecule is Nc1ccc2cccc(N(c3ccc(-c4ccccc4)cc3)c3ccc4sc5ccccc5c4c3)c2c1OCc1ccccc1. The highest BCUT2D eigenvalue weighted by atomic mass is 32.1. The Kier molecular flexibility index (Phi) is 6.90. The molecule has 0 saturated heterocycles. The quantitative estimate of drug-likeness (QED) is 0.185. The first kappa shape index (κ1) is 27.0. The van der Waals surface area contributed by atoms with Crippen LogP contribution in [0.1, 0.15) is 5.56 Å². The van der Waals surface area contributed by atoms with E-state index < -0.39 is 0 Å². The number of nitrogen functional groups attached to an aromatic ring is 1. The van der Waals surface area contributed by atoms with Crippen molar-refractivity contribution in [3.63, 3.8) is 0 Å². The number of ether oxygens (including phenoxy) is 1. The zero-order valence-electron chi connectivity index (χ0n) is 24.6. The number of fused-ring (bicyclic) bond motifs is 4. The molecule has 0 unspecified atom stereocenters. The second kappa shape index (κ2) is 11.5. The number of hydrogen-bond donors (Lipinski definition) is 1. The fraction of sp³-hybridized carbons (Fsp3) is 0.0244. The van der Waals surface area contributed by atoms with E-state index in [4.69, 9.17) is 10.5 Å². The maximum Gasteiger partial charge on any atom is 0.152 e. The van der Waals surface area contributed by atoms with Crippen molar-refractivity contribution in [1.82, 2.24) is 0 Å². The fourth-order valence-electron chi connectivity index (χ4n) is 6.13. The third-order valence-electron chi connectivity index (χ3n) is 8.32. The minimum Gasteiger partial charge on any atom is -0.486 e. The molecule has 2 N–H and O–H groups in total. The number of benzene rings is 7. The fourth-order valence-corrected chi connectivity index (χ4v) is 7.22. The summed E-state index contributed by atoms with van der Waals surface area (Å²) in [6, 6.07) is 55.3. The van der Waals surface area contributed by atoms with Crippen LogP contribution in [0.15, 0.2) is 158 Å². The summed E-state index contributed by atoms with van der Waals surface area (Å²) in [6.07, 6.45) is 0. The molecule has 216 valence electrons. The predicted molar refractivity (Wildman–Crippen MR) is 192 cm³/mol. The van der Waals surface area contributed by atoms with Crippen molar-refractivity contribution in [2.24, 2.45) is 0 Å². The highest BCUT2D eigenvalue weighted by Crippen LogP contribution is 2.46. The molecule has 0 bridgehead atoms. The lowest BCUT2D eigenvalue weighted by atomic mass is 10.0. The smallest absolute Gasteiger partial charge is 0.152 e. The number of thiophene rings is 1. The molecule has 1 heterocycles. The highest BCUT2D eigenvalue weighted by molar-refractivity contribution is 7.25. The van der Waals surface area contributed by atoms with Crippen LogP contribution in [-0.4, -0.2) is 0 Å². The first-order valence-corrected chi connectivity index (χ1v) is 15.9. The van der Waals surface area contributed by atoms with E-state index in [9.17, 15) is 0 Å². The van der Waals surface area contributed by atoms with E-state index in [1.165, 1.54) is 31.3 Å². The predicted octanol–water partition coefficient (Wildman–Crippen LogP) is 11.5. The van der Waals surface area contributed by atoms with Crippen molar-refractivity contribution in [2.45, 2.75) is 6.61 Å². The van der Waals surface area contributed by atoms with E-state index >= 15 is 0 Å². The van der Waals surface area contributed by atoms with Gasteiger partial charge in [0, 0.05) is 31.5 Å². The van der Waals surface area contributed by atoms with Gasteiger partial charge in [0.1, 0.15) is 6.61 Å². The molecule has 0 aliphatic heterocycles. The van der Waals surface area contributed by atoms with Crippen LogP contribution < -0.4 is 15.4 Å². The van der Waals surface area contributed by atoms with Crippen molar-refractivity contribution in [3.05, 3.63) is 163 Å². The van der Waals surface area contributed by atoms with Gasteiger partial charge >= 0.3 is 0 Å². The summed E-state index contributed by atoms with van der Waals surface area (Å²) in [6.45, 7) is 0.428. The highest BCUT2D eigenvalue weighted by Gasteiger charge is 2.20. The minimum absolute atomic E-state index is 0.428. The van der Waals surface area contributed by atoms with Crippen LogP contribution in [0.2, 0.25) is 0 Å². The molecule has 8 rings (SSSR count). The average molecular weight is 599 g/mol. The van der Waals surface area contributed by atoms with E-state index in [0.717, 1.165) is 33.4 Å². The summed E-state index contributed by atoms with van der Waals surface area (Å²) in [5, 5.41) is 4.57. The summed E-state index contributed by atoms with van der Waals surface area (Å²) < 4.78 is 9.10. The van der Waals surface area contributed by atoms with E-state index in [1.54, 1.807) is 0 Å². The van der Waals surface area contributed by atoms with Crippen LogP contribution in [0, 0.1) is 0 Å². The Labute approximate surface area is 266 Å². The second-order valence-corrected chi connectivity index (χ2v) is 12.2. The molecule has 3 nitrogen and oxygen atoms in total. The molecule has 8 aromatic rings. The van der Waals surface area contributed by atoms with Gasteiger partial charge in [0.15, 0.2) is 5.75 Å². The summed E-state index contributed by atoms with van der Waals surface area (Å²) in [5.74, 6) is 0.694. The molecule has 0 amide bonds. The molecular weight excluding hydrogens is 569 g/mol. The third kappa shape index (κ3) is 5.05. The maximum absolute atomic E-state index is 6.66. The molecule has 1 aromatic heterocycles. The lowest BCUT2D eigenvalue weighted by Crippen LogP contribution is -2.11. The largest absolute Gasteiger partial charge is 0.486 e. The van der Waals surface area contributed by atoms with Gasteiger partial charge in [0.05, 0.1) is 16.8 Å². The lowest BCUT2D eigenvalue weighted by molar-refractivity contribution is 0.312. The average Bonchev–Trinajstić information content (AvgIpc) is 3.47. The van der Waals surface area contributed by atoms with Crippen LogP contribution in [-0.2, 0) is 6.61 Å². The first-order valence-electron chi connectivity index (χ1n) is 15.1. The lowest BCUT2D eigenvalue weighted by Gasteiger charge is -2.28. The molecule has 0 aliphatic carbocycles. The summed E-state index contributed by atoms with van der Waals surface area (Å²) in [5.41, 5.74) is 13.9. The number of nitrogens with two attached hydrogens (primary N) is 1. The number of hydrogen-bond acceptors (Lipinski definition) is 4. The van der Waals surface area contributed by atoms with Crippen molar-refractivity contribution < 1.29 is 4.74 Å². The summed E-state index contributed by atoms with van der Waals surface area (Å²) in [7, 11) is 0. The van der Waals surface area contributed by atoms with Gasteiger partial charge in [-0.25, -0.2) is 0 Å². The normalized spacial score (nSPS) is 11.3. The molecule has 4 heteroatoms. The first-order chi connectivity index (χ1) is 22.2. The van der Waals surface area contributed by atoms with Gasteiger partial charge in [-0.05, 0) is 70.6 Å². The summed E-state index contributed by atoms with van der Waals surface area (Å²) >= 11 is 1.83. The van der Waals surface area contributed by atoms with Gasteiger partial charge < -0.3 is 15.4 Å². The van der Waals surface area contributed by atoms with Crippen LogP contribution >= 0.6 is 11.3 Å². The van der Waals surface area contributed by atoms with Crippen molar-refractivity contribution >= 4 is 65.0 Å². The van der Waals surface area contributed by atoms with Crippen LogP contribution in [0.25, 0.3) is 42.1 Å². The van der Waals surface area contributed by atoms with Crippen LogP contribution in [0.3, 0.4) is 0 Å². The molecule has 7 aromatic carbocycles. The third-order valence-corrected chi connectivity index (χ3v) is 9.48. The van der Waals surface area contributed by atoms with E-state index in [0.29, 0.717) is 18.0 Å². The Bertz CT molecular complexity index is 2280. The molecule has 0 radical (unpaired) electrons. The van der Waals surface area contributed by atoms with Crippen LogP contribution in [0.4, 0.5) is 22.7 Å². The topological polar surface area (TPSA) is 38.5 Å². The Morgan fingerprint density at radius 1 is 0.556 bits per heavy atom. The monoisotopic (exact) mass is 598 g/mol. The number of rotatable bonds is 7. The van der Waals surface area contributed by atoms with Gasteiger partial charge in [0.2, 0.25) is 0 Å². The Morgan fingerprint density at radius 3 is 2.07 bits per heavy atom. The Hall–Kier alpha value is -5.58. The number of nitrogens with zero attached hydrogens (tertiary/aromatic N) is 1. The van der Waals surface area contributed by atoms with E-state index in [-0.39, 0.29) is 0 Å². The minimum atomic E-state index is 0.428. The summed E-state index contributed by atoms with van der Waals surface area (Å²) in [4.78, 5) is 2.33. The standard InChI is InChI=1S/C41H30N2OS/c42-36-24-20-31-14-9-16-37(40(31)41(36)44-27-28-10-3-1-4-11-28)43(32-21-18-30(19-22-32)29-12-5-2-6-13-29)33-23-25-39-35(26-33)34-15-7-8-17-38(34)45-39/h1-26H,27,42H2. The molecule has 0 spiro atoms. The van der Waals surface area contributed by atoms with E-state index in [1.807, 2.05) is 41.7 Å². The molecule has 0 saturated carbocycles. The molecule has 0 aliphatic rings. The Morgan fingerprint density at radius 2 is 1.24 bits per heavy atom. The van der Waals surface area contributed by atoms with Crippen molar-refractivity contribution in [3.8, 4) is 16.9 Å². The van der Waals surface area contributed by atoms with Gasteiger partial charge in [-0.2, -0.15) is 0 Å². The van der Waals surface area contributed by atoms with Gasteiger partial charge in [-0.15, -0.1) is 11.3 Å². The zero-order valence-corrected chi connectivity index (χ0v) is 25.4.